The van der Waals surface area contributed by atoms with Crippen molar-refractivity contribution in [2.24, 2.45) is 11.8 Å². The highest BCUT2D eigenvalue weighted by Gasteiger charge is 2.43. The van der Waals surface area contributed by atoms with Gasteiger partial charge in [-0.3, -0.25) is 4.79 Å². The number of amides is 1. The molecule has 22 heavy (non-hydrogen) atoms. The van der Waals surface area contributed by atoms with Gasteiger partial charge in [-0.15, -0.1) is 0 Å². The molecule has 2 fully saturated rings. The number of fused-ring (bicyclic) bond motifs is 1. The van der Waals surface area contributed by atoms with Crippen molar-refractivity contribution >= 4 is 5.91 Å². The molecule has 3 rings (SSSR count). The van der Waals surface area contributed by atoms with Crippen LogP contribution in [-0.4, -0.2) is 22.9 Å². The monoisotopic (exact) mass is 299 g/mol. The highest BCUT2D eigenvalue weighted by molar-refractivity contribution is 5.94. The third kappa shape index (κ3) is 2.93. The smallest absolute Gasteiger partial charge is 0.254 e. The molecule has 2 nitrogen and oxygen atoms in total. The van der Waals surface area contributed by atoms with Crippen LogP contribution in [0.3, 0.4) is 0 Å². The Morgan fingerprint density at radius 3 is 2.64 bits per heavy atom. The first-order chi connectivity index (χ1) is 10.7. The Kier molecular flexibility index (Phi) is 4.85. The SMILES string of the molecule is CCC[C@H]1CC[C@@H]2[C@@H](CCC[C@@H]2C)N1C(=O)c1ccccc1. The van der Waals surface area contributed by atoms with Gasteiger partial charge < -0.3 is 4.90 Å². The molecule has 0 radical (unpaired) electrons. The van der Waals surface area contributed by atoms with Gasteiger partial charge in [-0.25, -0.2) is 0 Å². The van der Waals surface area contributed by atoms with E-state index in [-0.39, 0.29) is 5.91 Å². The number of hydrogen-bond donors (Lipinski definition) is 0. The van der Waals surface area contributed by atoms with Crippen molar-refractivity contribution in [3.05, 3.63) is 35.9 Å². The molecule has 1 amide bonds. The van der Waals surface area contributed by atoms with E-state index in [2.05, 4.69) is 18.7 Å². The Morgan fingerprint density at radius 1 is 1.14 bits per heavy atom. The molecule has 120 valence electrons. The van der Waals surface area contributed by atoms with E-state index in [9.17, 15) is 4.79 Å². The average molecular weight is 299 g/mol. The fourth-order valence-corrected chi connectivity index (χ4v) is 4.74. The van der Waals surface area contributed by atoms with Gasteiger partial charge in [0.05, 0.1) is 0 Å². The molecule has 0 bridgehead atoms. The summed E-state index contributed by atoms with van der Waals surface area (Å²) < 4.78 is 0. The fourth-order valence-electron chi connectivity index (χ4n) is 4.74. The van der Waals surface area contributed by atoms with Crippen LogP contribution in [0.25, 0.3) is 0 Å². The zero-order valence-electron chi connectivity index (χ0n) is 14.0. The zero-order valence-corrected chi connectivity index (χ0v) is 14.0. The summed E-state index contributed by atoms with van der Waals surface area (Å²) in [5, 5.41) is 0. The van der Waals surface area contributed by atoms with Crippen molar-refractivity contribution in [3.8, 4) is 0 Å². The van der Waals surface area contributed by atoms with Crippen LogP contribution >= 0.6 is 0 Å². The molecule has 1 aromatic carbocycles. The van der Waals surface area contributed by atoms with Crippen LogP contribution in [0.4, 0.5) is 0 Å². The lowest BCUT2D eigenvalue weighted by atomic mass is 9.70. The van der Waals surface area contributed by atoms with Gasteiger partial charge in [-0.05, 0) is 49.7 Å². The second-order valence-electron chi connectivity index (χ2n) is 7.24. The van der Waals surface area contributed by atoms with Gasteiger partial charge in [0.15, 0.2) is 0 Å². The number of nitrogens with zero attached hydrogens (tertiary/aromatic N) is 1. The number of likely N-dealkylation sites (tertiary alicyclic amines) is 1. The lowest BCUT2D eigenvalue weighted by molar-refractivity contribution is -0.00257. The first-order valence-electron chi connectivity index (χ1n) is 9.10. The Morgan fingerprint density at radius 2 is 1.91 bits per heavy atom. The van der Waals surface area contributed by atoms with Gasteiger partial charge in [0.1, 0.15) is 0 Å². The van der Waals surface area contributed by atoms with Gasteiger partial charge in [0.2, 0.25) is 0 Å². The minimum atomic E-state index is 0.267. The van der Waals surface area contributed by atoms with Crippen LogP contribution in [0.15, 0.2) is 30.3 Å². The maximum atomic E-state index is 13.2. The maximum Gasteiger partial charge on any atom is 0.254 e. The summed E-state index contributed by atoms with van der Waals surface area (Å²) in [4.78, 5) is 15.5. The van der Waals surface area contributed by atoms with Crippen LogP contribution < -0.4 is 0 Å². The van der Waals surface area contributed by atoms with Gasteiger partial charge in [-0.2, -0.15) is 0 Å². The van der Waals surface area contributed by atoms with Crippen LogP contribution in [0, 0.1) is 11.8 Å². The van der Waals surface area contributed by atoms with Crippen molar-refractivity contribution in [1.82, 2.24) is 4.90 Å². The Balaban J connectivity index is 1.89. The Bertz CT molecular complexity index is 498. The molecule has 0 aromatic heterocycles. The first-order valence-corrected chi connectivity index (χ1v) is 9.10. The van der Waals surface area contributed by atoms with Crippen molar-refractivity contribution in [1.29, 1.82) is 0 Å². The molecule has 2 aliphatic rings. The van der Waals surface area contributed by atoms with E-state index in [1.807, 2.05) is 30.3 Å². The highest BCUT2D eigenvalue weighted by atomic mass is 16.2. The predicted molar refractivity (Wildman–Crippen MR) is 90.8 cm³/mol. The molecule has 0 N–H and O–H groups in total. The summed E-state index contributed by atoms with van der Waals surface area (Å²) in [6, 6.07) is 10.8. The minimum absolute atomic E-state index is 0.267. The molecule has 0 spiro atoms. The molecular weight excluding hydrogens is 270 g/mol. The molecule has 2 heteroatoms. The summed E-state index contributed by atoms with van der Waals surface area (Å²) in [5.74, 6) is 1.75. The van der Waals surface area contributed by atoms with E-state index in [0.29, 0.717) is 12.1 Å². The number of carbonyl (C=O) groups excluding carboxylic acids is 1. The zero-order chi connectivity index (χ0) is 15.5. The third-order valence-electron chi connectivity index (χ3n) is 5.85. The molecular formula is C20H29NO. The Labute approximate surface area is 134 Å². The van der Waals surface area contributed by atoms with E-state index < -0.39 is 0 Å². The summed E-state index contributed by atoms with van der Waals surface area (Å²) in [7, 11) is 0. The number of piperidine rings is 1. The predicted octanol–water partition coefficient (Wildman–Crippen LogP) is 4.90. The largest absolute Gasteiger partial charge is 0.332 e. The minimum Gasteiger partial charge on any atom is -0.332 e. The average Bonchev–Trinajstić information content (AvgIpc) is 2.55. The lowest BCUT2D eigenvalue weighted by Crippen LogP contribution is -2.56. The van der Waals surface area contributed by atoms with Crippen molar-refractivity contribution < 1.29 is 4.79 Å². The molecule has 1 aliphatic heterocycles. The number of carbonyl (C=O) groups is 1. The van der Waals surface area contributed by atoms with E-state index >= 15 is 0 Å². The standard InChI is InChI=1S/C20H29NO/c1-3-8-17-13-14-18-15(2)9-7-12-19(18)21(17)20(22)16-10-5-4-6-11-16/h4-6,10-11,15,17-19H,3,7-9,12-14H2,1-2H3/t15-,17-,18-,19+/m0/s1. The van der Waals surface area contributed by atoms with Gasteiger partial charge in [0.25, 0.3) is 5.91 Å². The van der Waals surface area contributed by atoms with Gasteiger partial charge >= 0.3 is 0 Å². The second-order valence-corrected chi connectivity index (χ2v) is 7.24. The molecule has 1 saturated carbocycles. The van der Waals surface area contributed by atoms with Gasteiger partial charge in [-0.1, -0.05) is 51.3 Å². The Hall–Kier alpha value is -1.31. The van der Waals surface area contributed by atoms with E-state index in [0.717, 1.165) is 30.2 Å². The molecule has 1 aromatic rings. The third-order valence-corrected chi connectivity index (χ3v) is 5.85. The van der Waals surface area contributed by atoms with Crippen molar-refractivity contribution in [3.63, 3.8) is 0 Å². The first kappa shape index (κ1) is 15.6. The quantitative estimate of drug-likeness (QED) is 0.777. The summed E-state index contributed by atoms with van der Waals surface area (Å²) in [6.45, 7) is 4.63. The fraction of sp³-hybridized carbons (Fsp3) is 0.650. The highest BCUT2D eigenvalue weighted by Crippen LogP contribution is 2.42. The molecule has 0 unspecified atom stereocenters. The van der Waals surface area contributed by atoms with Gasteiger partial charge in [0, 0.05) is 17.6 Å². The van der Waals surface area contributed by atoms with Crippen LogP contribution in [0.5, 0.6) is 0 Å². The van der Waals surface area contributed by atoms with Crippen LogP contribution in [0.2, 0.25) is 0 Å². The molecule has 1 aliphatic carbocycles. The number of rotatable bonds is 3. The van der Waals surface area contributed by atoms with Crippen molar-refractivity contribution in [2.75, 3.05) is 0 Å². The molecule has 1 heterocycles. The summed E-state index contributed by atoms with van der Waals surface area (Å²) in [5.41, 5.74) is 0.863. The molecule has 4 atom stereocenters. The summed E-state index contributed by atoms with van der Waals surface area (Å²) >= 11 is 0. The second kappa shape index (κ2) is 6.85. The number of benzene rings is 1. The molecule has 1 saturated heterocycles. The number of hydrogen-bond acceptors (Lipinski definition) is 1. The van der Waals surface area contributed by atoms with Crippen LogP contribution in [0.1, 0.15) is 69.2 Å². The maximum absolute atomic E-state index is 13.2. The normalized spacial score (nSPS) is 31.6. The van der Waals surface area contributed by atoms with E-state index in [4.69, 9.17) is 0 Å². The topological polar surface area (TPSA) is 20.3 Å². The van der Waals surface area contributed by atoms with E-state index in [1.54, 1.807) is 0 Å². The van der Waals surface area contributed by atoms with Crippen LogP contribution in [-0.2, 0) is 0 Å². The van der Waals surface area contributed by atoms with Crippen molar-refractivity contribution in [2.45, 2.75) is 70.9 Å². The van der Waals surface area contributed by atoms with E-state index in [1.165, 1.54) is 32.1 Å². The summed E-state index contributed by atoms with van der Waals surface area (Å²) in [6.07, 6.45) is 8.64. The lowest BCUT2D eigenvalue weighted by Gasteiger charge is -2.51.